The summed E-state index contributed by atoms with van der Waals surface area (Å²) >= 11 is 0. The van der Waals surface area contributed by atoms with E-state index >= 15 is 0 Å². The Morgan fingerprint density at radius 1 is 1.42 bits per heavy atom. The Bertz CT molecular complexity index is 713. The Labute approximate surface area is 137 Å². The van der Waals surface area contributed by atoms with Crippen molar-refractivity contribution in [2.24, 2.45) is 5.41 Å². The molecule has 1 aromatic rings. The average molecular weight is 338 g/mol. The molecule has 2 rings (SSSR count). The first-order chi connectivity index (χ1) is 11.1. The maximum Gasteiger partial charge on any atom is 0.417 e. The van der Waals surface area contributed by atoms with Gasteiger partial charge in [-0.3, -0.25) is 9.78 Å². The van der Waals surface area contributed by atoms with Crippen LogP contribution in [-0.2, 0) is 15.7 Å². The van der Waals surface area contributed by atoms with Crippen molar-refractivity contribution in [1.29, 1.82) is 5.26 Å². The van der Waals surface area contributed by atoms with E-state index in [1.165, 1.54) is 6.07 Å². The molecule has 0 radical (unpaired) electrons. The van der Waals surface area contributed by atoms with Crippen molar-refractivity contribution in [3.8, 4) is 6.07 Å². The highest BCUT2D eigenvalue weighted by atomic mass is 19.4. The number of ketones is 1. The van der Waals surface area contributed by atoms with Gasteiger partial charge >= 0.3 is 6.18 Å². The first-order valence-electron chi connectivity index (χ1n) is 7.46. The molecule has 1 atom stereocenters. The van der Waals surface area contributed by atoms with Crippen molar-refractivity contribution in [1.82, 2.24) is 4.98 Å². The van der Waals surface area contributed by atoms with E-state index in [0.29, 0.717) is 12.1 Å². The van der Waals surface area contributed by atoms with Gasteiger partial charge in [0, 0.05) is 11.6 Å². The number of alkyl halides is 3. The van der Waals surface area contributed by atoms with E-state index < -0.39 is 23.1 Å². The lowest BCUT2D eigenvalue weighted by molar-refractivity contribution is -0.137. The van der Waals surface area contributed by atoms with Crippen molar-refractivity contribution in [2.45, 2.75) is 39.3 Å². The molecule has 1 aliphatic carbocycles. The number of Topliss-reactive ketones (excluding diaryl/α,β-unsaturated/α-hetero) is 1. The first-order valence-corrected chi connectivity index (χ1v) is 7.46. The van der Waals surface area contributed by atoms with E-state index in [9.17, 15) is 23.2 Å². The largest absolute Gasteiger partial charge is 0.496 e. The van der Waals surface area contributed by atoms with Crippen molar-refractivity contribution in [3.05, 3.63) is 40.9 Å². The molecule has 0 saturated carbocycles. The molecule has 0 spiro atoms. The molecule has 7 heteroatoms. The van der Waals surface area contributed by atoms with Crippen LogP contribution in [0.3, 0.4) is 0 Å². The van der Waals surface area contributed by atoms with Gasteiger partial charge < -0.3 is 4.74 Å². The van der Waals surface area contributed by atoms with Crippen LogP contribution in [0.25, 0.3) is 0 Å². The van der Waals surface area contributed by atoms with Gasteiger partial charge in [-0.15, -0.1) is 0 Å². The van der Waals surface area contributed by atoms with Gasteiger partial charge in [-0.2, -0.15) is 18.4 Å². The van der Waals surface area contributed by atoms with Crippen LogP contribution in [0.1, 0.15) is 44.4 Å². The van der Waals surface area contributed by atoms with E-state index in [0.717, 1.165) is 12.3 Å². The SMILES string of the molecule is CCOC1=C(C#N)C(=O)C(C)(C)CC1c1ccc(C(F)(F)F)cn1. The highest BCUT2D eigenvalue weighted by Crippen LogP contribution is 2.44. The molecule has 4 nitrogen and oxygen atoms in total. The standard InChI is InChI=1S/C17H17F3N2O2/c1-4-24-14-11(7-16(2,3)15(23)12(14)8-21)13-6-5-10(9-22-13)17(18,19)20/h5-6,9,11H,4,7H2,1-3H3. The molecule has 1 unspecified atom stereocenters. The molecule has 1 heterocycles. The molecule has 128 valence electrons. The summed E-state index contributed by atoms with van der Waals surface area (Å²) in [6.45, 7) is 5.35. The molecule has 0 saturated heterocycles. The maximum atomic E-state index is 12.7. The normalized spacial score (nSPS) is 20.7. The minimum atomic E-state index is -4.47. The van der Waals surface area contributed by atoms with E-state index in [-0.39, 0.29) is 23.7 Å². The van der Waals surface area contributed by atoms with Crippen LogP contribution < -0.4 is 0 Å². The molecule has 0 aromatic carbocycles. The number of carbonyl (C=O) groups excluding carboxylic acids is 1. The third-order valence-corrected chi connectivity index (χ3v) is 4.00. The molecule has 1 aliphatic rings. The lowest BCUT2D eigenvalue weighted by Crippen LogP contribution is -2.35. The van der Waals surface area contributed by atoms with Gasteiger partial charge in [0.05, 0.1) is 23.8 Å². The Morgan fingerprint density at radius 2 is 2.08 bits per heavy atom. The Kier molecular flexibility index (Phi) is 4.70. The third kappa shape index (κ3) is 3.28. The minimum Gasteiger partial charge on any atom is -0.496 e. The maximum absolute atomic E-state index is 12.7. The predicted molar refractivity (Wildman–Crippen MR) is 79.7 cm³/mol. The number of halogens is 3. The highest BCUT2D eigenvalue weighted by Gasteiger charge is 2.43. The number of ether oxygens (including phenoxy) is 1. The zero-order valence-corrected chi connectivity index (χ0v) is 13.6. The van der Waals surface area contributed by atoms with Crippen molar-refractivity contribution >= 4 is 5.78 Å². The molecule has 0 aliphatic heterocycles. The first kappa shape index (κ1) is 18.0. The molecule has 1 aromatic heterocycles. The van der Waals surface area contributed by atoms with Crippen molar-refractivity contribution in [3.63, 3.8) is 0 Å². The number of rotatable bonds is 3. The van der Waals surface area contributed by atoms with Crippen molar-refractivity contribution < 1.29 is 22.7 Å². The van der Waals surface area contributed by atoms with Gasteiger partial charge in [-0.1, -0.05) is 13.8 Å². The predicted octanol–water partition coefficient (Wildman–Crippen LogP) is 4.00. The lowest BCUT2D eigenvalue weighted by Gasteiger charge is -2.34. The summed E-state index contributed by atoms with van der Waals surface area (Å²) < 4.78 is 43.6. The summed E-state index contributed by atoms with van der Waals surface area (Å²) in [6, 6.07) is 4.09. The van der Waals surface area contributed by atoms with Gasteiger partial charge in [-0.25, -0.2) is 0 Å². The quantitative estimate of drug-likeness (QED) is 0.836. The summed E-state index contributed by atoms with van der Waals surface area (Å²) in [7, 11) is 0. The summed E-state index contributed by atoms with van der Waals surface area (Å²) in [6.07, 6.45) is -3.40. The fraction of sp³-hybridized carbons (Fsp3) is 0.471. The number of nitrogens with zero attached hydrogens (tertiary/aromatic N) is 2. The summed E-state index contributed by atoms with van der Waals surface area (Å²) in [4.78, 5) is 16.3. The Hall–Kier alpha value is -2.36. The van der Waals surface area contributed by atoms with Gasteiger partial charge in [-0.05, 0) is 25.5 Å². The van der Waals surface area contributed by atoms with E-state index in [1.807, 2.05) is 6.07 Å². The number of aromatic nitrogens is 1. The average Bonchev–Trinajstić information content (AvgIpc) is 2.51. The van der Waals surface area contributed by atoms with Crippen LogP contribution in [0.5, 0.6) is 0 Å². The summed E-state index contributed by atoms with van der Waals surface area (Å²) in [5.41, 5.74) is -1.40. The number of nitriles is 1. The van der Waals surface area contributed by atoms with Gasteiger partial charge in [0.25, 0.3) is 0 Å². The molecule has 24 heavy (non-hydrogen) atoms. The Morgan fingerprint density at radius 3 is 2.54 bits per heavy atom. The summed E-state index contributed by atoms with van der Waals surface area (Å²) in [5, 5.41) is 9.33. The topological polar surface area (TPSA) is 63.0 Å². The van der Waals surface area contributed by atoms with Crippen LogP contribution in [0.4, 0.5) is 13.2 Å². The smallest absolute Gasteiger partial charge is 0.417 e. The van der Waals surface area contributed by atoms with E-state index in [1.54, 1.807) is 20.8 Å². The third-order valence-electron chi connectivity index (χ3n) is 4.00. The van der Waals surface area contributed by atoms with Gasteiger partial charge in [0.2, 0.25) is 0 Å². The van der Waals surface area contributed by atoms with Crippen LogP contribution in [0.2, 0.25) is 0 Å². The second-order valence-electron chi connectivity index (χ2n) is 6.22. The monoisotopic (exact) mass is 338 g/mol. The van der Waals surface area contributed by atoms with Crippen LogP contribution in [0, 0.1) is 16.7 Å². The number of hydrogen-bond donors (Lipinski definition) is 0. The van der Waals surface area contributed by atoms with Gasteiger partial charge in [0.1, 0.15) is 17.4 Å². The van der Waals surface area contributed by atoms with Crippen LogP contribution in [-0.4, -0.2) is 17.4 Å². The number of hydrogen-bond acceptors (Lipinski definition) is 4. The molecule has 0 bridgehead atoms. The van der Waals surface area contributed by atoms with Crippen LogP contribution in [0.15, 0.2) is 29.7 Å². The fourth-order valence-corrected chi connectivity index (χ4v) is 2.77. The second-order valence-corrected chi connectivity index (χ2v) is 6.22. The second kappa shape index (κ2) is 6.27. The number of carbonyl (C=O) groups is 1. The molecular weight excluding hydrogens is 321 g/mol. The van der Waals surface area contributed by atoms with Crippen molar-refractivity contribution in [2.75, 3.05) is 6.61 Å². The molecule has 0 amide bonds. The zero-order valence-electron chi connectivity index (χ0n) is 13.6. The number of allylic oxidation sites excluding steroid dienone is 2. The number of pyridine rings is 1. The van der Waals surface area contributed by atoms with Gasteiger partial charge in [0.15, 0.2) is 5.78 Å². The lowest BCUT2D eigenvalue weighted by atomic mass is 9.70. The Balaban J connectivity index is 2.52. The highest BCUT2D eigenvalue weighted by molar-refractivity contribution is 6.04. The van der Waals surface area contributed by atoms with Crippen LogP contribution >= 0.6 is 0 Å². The van der Waals surface area contributed by atoms with E-state index in [4.69, 9.17) is 4.74 Å². The minimum absolute atomic E-state index is 0.0835. The molecule has 0 fully saturated rings. The molecular formula is C17H17F3N2O2. The molecule has 0 N–H and O–H groups in total. The summed E-state index contributed by atoms with van der Waals surface area (Å²) in [5.74, 6) is -0.664. The zero-order chi connectivity index (χ0) is 18.1. The fourth-order valence-electron chi connectivity index (χ4n) is 2.77. The van der Waals surface area contributed by atoms with E-state index in [2.05, 4.69) is 4.98 Å².